The van der Waals surface area contributed by atoms with Gasteiger partial charge >= 0.3 is 5.97 Å². The molecule has 6 nitrogen and oxygen atoms in total. The Kier molecular flexibility index (Phi) is 6.50. The predicted molar refractivity (Wildman–Crippen MR) is 127 cm³/mol. The Morgan fingerprint density at radius 3 is 2.87 bits per heavy atom. The average Bonchev–Trinajstić information content (AvgIpc) is 3.43. The van der Waals surface area contributed by atoms with Crippen molar-refractivity contribution in [3.05, 3.63) is 52.0 Å². The van der Waals surface area contributed by atoms with Crippen LogP contribution in [0.25, 0.3) is 16.0 Å². The third-order valence-electron chi connectivity index (χ3n) is 5.05. The van der Waals surface area contributed by atoms with Crippen LogP contribution in [-0.4, -0.2) is 41.3 Å². The summed E-state index contributed by atoms with van der Waals surface area (Å²) in [6.07, 6.45) is 5.60. The fourth-order valence-electron chi connectivity index (χ4n) is 3.54. The lowest BCUT2D eigenvalue weighted by molar-refractivity contribution is 0.0697. The quantitative estimate of drug-likeness (QED) is 0.490. The molecule has 0 unspecified atom stereocenters. The van der Waals surface area contributed by atoms with Gasteiger partial charge in [0.2, 0.25) is 0 Å². The average molecular weight is 456 g/mol. The van der Waals surface area contributed by atoms with Crippen molar-refractivity contribution in [2.75, 3.05) is 25.2 Å². The van der Waals surface area contributed by atoms with Gasteiger partial charge in [-0.15, -0.1) is 22.7 Å². The van der Waals surface area contributed by atoms with Gasteiger partial charge in [-0.1, -0.05) is 26.0 Å². The topological polar surface area (TPSA) is 75.6 Å². The highest BCUT2D eigenvalue weighted by atomic mass is 32.1. The van der Waals surface area contributed by atoms with E-state index in [0.717, 1.165) is 34.1 Å². The predicted octanol–water partition coefficient (Wildman–Crippen LogP) is 5.73. The van der Waals surface area contributed by atoms with Crippen LogP contribution in [0.4, 0.5) is 10.9 Å². The number of carboxylic acids is 1. The number of pyridine rings is 1. The van der Waals surface area contributed by atoms with Gasteiger partial charge in [0.15, 0.2) is 5.13 Å². The van der Waals surface area contributed by atoms with E-state index in [0.29, 0.717) is 24.9 Å². The zero-order valence-electron chi connectivity index (χ0n) is 17.8. The molecule has 0 amide bonds. The summed E-state index contributed by atoms with van der Waals surface area (Å²) in [5, 5.41) is 12.6. The van der Waals surface area contributed by atoms with Gasteiger partial charge in [-0.05, 0) is 41.8 Å². The Hall–Kier alpha value is -2.55. The van der Waals surface area contributed by atoms with E-state index in [1.807, 2.05) is 24.6 Å². The number of hydrogen-bond acceptors (Lipinski definition) is 7. The largest absolute Gasteiger partial charge is 0.478 e. The lowest BCUT2D eigenvalue weighted by atomic mass is 10.0. The van der Waals surface area contributed by atoms with Crippen LogP contribution in [0.15, 0.2) is 35.9 Å². The van der Waals surface area contributed by atoms with Gasteiger partial charge in [-0.25, -0.2) is 14.8 Å². The third-order valence-corrected chi connectivity index (χ3v) is 7.13. The maximum Gasteiger partial charge on any atom is 0.339 e. The molecule has 1 N–H and O–H groups in total. The Balaban J connectivity index is 1.73. The molecule has 0 bridgehead atoms. The fraction of sp³-hybridized carbons (Fsp3) is 0.348. The van der Waals surface area contributed by atoms with Crippen molar-refractivity contribution < 1.29 is 14.6 Å². The first kappa shape index (κ1) is 21.7. The molecule has 0 fully saturated rings. The number of thiazole rings is 1. The normalized spacial score (nSPS) is 14.0. The maximum atomic E-state index is 12.0. The number of carbonyl (C=O) groups is 1. The van der Waals surface area contributed by atoms with Crippen LogP contribution in [0.3, 0.4) is 0 Å². The number of anilines is 2. The molecule has 0 spiro atoms. The molecule has 4 rings (SSSR count). The van der Waals surface area contributed by atoms with Gasteiger partial charge in [-0.2, -0.15) is 0 Å². The molecule has 0 aliphatic carbocycles. The van der Waals surface area contributed by atoms with Gasteiger partial charge in [-0.3, -0.25) is 0 Å². The van der Waals surface area contributed by atoms with Crippen molar-refractivity contribution >= 4 is 45.2 Å². The highest BCUT2D eigenvalue weighted by Gasteiger charge is 2.23. The molecule has 0 saturated heterocycles. The molecule has 0 aromatic carbocycles. The lowest BCUT2D eigenvalue weighted by Gasteiger charge is -2.17. The van der Waals surface area contributed by atoms with E-state index in [1.54, 1.807) is 39.8 Å². The zero-order valence-corrected chi connectivity index (χ0v) is 19.4. The van der Waals surface area contributed by atoms with Gasteiger partial charge in [0, 0.05) is 28.6 Å². The van der Waals surface area contributed by atoms with E-state index in [9.17, 15) is 9.90 Å². The summed E-state index contributed by atoms with van der Waals surface area (Å²) >= 11 is 3.17. The Bertz CT molecular complexity index is 1100. The monoisotopic (exact) mass is 455 g/mol. The number of hydrogen-bond donors (Lipinski definition) is 1. The number of ether oxygens (including phenoxy) is 1. The minimum absolute atomic E-state index is 0.167. The molecule has 3 aromatic rings. The van der Waals surface area contributed by atoms with Crippen LogP contribution in [0, 0.1) is 5.92 Å². The highest BCUT2D eigenvalue weighted by Crippen LogP contribution is 2.37. The van der Waals surface area contributed by atoms with Crippen molar-refractivity contribution in [3.63, 3.8) is 0 Å². The number of carboxylic acid groups (broad SMARTS) is 1. The lowest BCUT2D eigenvalue weighted by Crippen LogP contribution is -2.16. The van der Waals surface area contributed by atoms with Crippen molar-refractivity contribution in [2.24, 2.45) is 5.92 Å². The zero-order chi connectivity index (χ0) is 22.0. The van der Waals surface area contributed by atoms with Crippen LogP contribution in [0.1, 0.15) is 41.2 Å². The van der Waals surface area contributed by atoms with E-state index >= 15 is 0 Å². The van der Waals surface area contributed by atoms with Crippen molar-refractivity contribution in [1.29, 1.82) is 0 Å². The van der Waals surface area contributed by atoms with Crippen molar-refractivity contribution in [2.45, 2.75) is 26.7 Å². The first-order valence-electron chi connectivity index (χ1n) is 10.2. The summed E-state index contributed by atoms with van der Waals surface area (Å²) in [6.45, 7) is 5.69. The Labute approximate surface area is 189 Å². The summed E-state index contributed by atoms with van der Waals surface area (Å²) in [5.74, 6) is -0.111. The number of thiophene rings is 1. The second kappa shape index (κ2) is 9.30. The summed E-state index contributed by atoms with van der Waals surface area (Å²) in [4.78, 5) is 25.5. The molecule has 1 aliphatic heterocycles. The third kappa shape index (κ3) is 4.71. The fourth-order valence-corrected chi connectivity index (χ4v) is 5.51. The summed E-state index contributed by atoms with van der Waals surface area (Å²) in [7, 11) is 1.83. The minimum Gasteiger partial charge on any atom is -0.478 e. The second-order valence-electron chi connectivity index (χ2n) is 7.86. The van der Waals surface area contributed by atoms with Crippen LogP contribution in [-0.2, 0) is 11.2 Å². The standard InChI is InChI=1S/C23H25N3O3S2/c1-14(2)11-19-20(15-6-8-29-9-7-15)25-23(31-19)26(3)21-17(22(27)28)12-16(13-24-21)18-5-4-10-30-18/h4-6,10,12-14H,7-9,11H2,1-3H3,(H,27,28). The molecular weight excluding hydrogens is 430 g/mol. The van der Waals surface area contributed by atoms with E-state index in [2.05, 4.69) is 24.9 Å². The molecule has 8 heteroatoms. The van der Waals surface area contributed by atoms with Gasteiger partial charge in [0.05, 0.1) is 18.9 Å². The summed E-state index contributed by atoms with van der Waals surface area (Å²) in [5.41, 5.74) is 3.19. The van der Waals surface area contributed by atoms with Gasteiger partial charge < -0.3 is 14.7 Å². The highest BCUT2D eigenvalue weighted by molar-refractivity contribution is 7.16. The molecule has 0 saturated carbocycles. The number of aromatic nitrogens is 2. The Morgan fingerprint density at radius 2 is 2.23 bits per heavy atom. The van der Waals surface area contributed by atoms with E-state index in [4.69, 9.17) is 9.72 Å². The molecule has 3 aromatic heterocycles. The summed E-state index contributed by atoms with van der Waals surface area (Å²) < 4.78 is 5.46. The van der Waals surface area contributed by atoms with Crippen LogP contribution in [0.5, 0.6) is 0 Å². The van der Waals surface area contributed by atoms with Gasteiger partial charge in [0.1, 0.15) is 11.4 Å². The molecule has 0 atom stereocenters. The van der Waals surface area contributed by atoms with Gasteiger partial charge in [0.25, 0.3) is 0 Å². The molecule has 0 radical (unpaired) electrons. The molecular formula is C23H25N3O3S2. The first-order valence-corrected chi connectivity index (χ1v) is 11.9. The number of nitrogens with zero attached hydrogens (tertiary/aromatic N) is 3. The smallest absolute Gasteiger partial charge is 0.339 e. The van der Waals surface area contributed by atoms with Crippen molar-refractivity contribution in [3.8, 4) is 10.4 Å². The maximum absolute atomic E-state index is 12.0. The van der Waals surface area contributed by atoms with Crippen LogP contribution >= 0.6 is 22.7 Å². The Morgan fingerprint density at radius 1 is 1.39 bits per heavy atom. The number of aromatic carboxylic acids is 1. The van der Waals surface area contributed by atoms with Crippen molar-refractivity contribution in [1.82, 2.24) is 9.97 Å². The van der Waals surface area contributed by atoms with Crippen LogP contribution in [0.2, 0.25) is 0 Å². The molecule has 1 aliphatic rings. The summed E-state index contributed by atoms with van der Waals surface area (Å²) in [6, 6.07) is 5.60. The van der Waals surface area contributed by atoms with Crippen LogP contribution < -0.4 is 4.90 Å². The number of rotatable bonds is 7. The van der Waals surface area contributed by atoms with E-state index in [1.165, 1.54) is 10.5 Å². The molecule has 4 heterocycles. The SMILES string of the molecule is CC(C)Cc1sc(N(C)c2ncc(-c3cccs3)cc2C(=O)O)nc1C1=CCOCC1. The molecule has 162 valence electrons. The molecule has 31 heavy (non-hydrogen) atoms. The first-order chi connectivity index (χ1) is 14.9. The second-order valence-corrected chi connectivity index (χ2v) is 9.87. The van der Waals surface area contributed by atoms with E-state index in [-0.39, 0.29) is 5.56 Å². The minimum atomic E-state index is -1.00. The van der Waals surface area contributed by atoms with E-state index < -0.39 is 5.97 Å².